The average molecular weight is 150 g/mol. The Labute approximate surface area is 57.4 Å². The summed E-state index contributed by atoms with van der Waals surface area (Å²) in [6.07, 6.45) is 0.689. The summed E-state index contributed by atoms with van der Waals surface area (Å²) in [5, 5.41) is 2.93. The van der Waals surface area contributed by atoms with E-state index in [1.54, 1.807) is 0 Å². The van der Waals surface area contributed by atoms with Crippen molar-refractivity contribution in [3.05, 3.63) is 6.92 Å². The molecule has 0 aromatic heterocycles. The lowest BCUT2D eigenvalue weighted by Crippen LogP contribution is -2.15. The van der Waals surface area contributed by atoms with Gasteiger partial charge in [-0.2, -0.15) is 0 Å². The van der Waals surface area contributed by atoms with E-state index in [4.69, 9.17) is 0 Å². The first-order valence-corrected chi connectivity index (χ1v) is 4.25. The maximum absolute atomic E-state index is 9.96. The molecule has 1 radical (unpaired) electrons. The van der Waals surface area contributed by atoms with Crippen LogP contribution in [0.1, 0.15) is 6.42 Å². The van der Waals surface area contributed by atoms with Crippen LogP contribution in [0.3, 0.4) is 0 Å². The molecule has 3 nitrogen and oxygen atoms in total. The molecule has 0 aliphatic carbocycles. The van der Waals surface area contributed by atoms with E-state index in [1.165, 1.54) is 0 Å². The molecule has 1 N–H and O–H groups in total. The van der Waals surface area contributed by atoms with Crippen molar-refractivity contribution in [1.29, 1.82) is 0 Å². The Morgan fingerprint density at radius 2 is 2.11 bits per heavy atom. The number of rotatable bonds is 5. The highest BCUT2D eigenvalue weighted by atomic mass is 32.2. The van der Waals surface area contributed by atoms with Gasteiger partial charge >= 0.3 is 0 Å². The van der Waals surface area contributed by atoms with E-state index in [0.717, 1.165) is 6.54 Å². The highest BCUT2D eigenvalue weighted by molar-refractivity contribution is 7.72. The lowest BCUT2D eigenvalue weighted by molar-refractivity contribution is 0.609. The summed E-state index contributed by atoms with van der Waals surface area (Å²) < 4.78 is 19.9. The molecule has 0 bridgehead atoms. The van der Waals surface area contributed by atoms with Gasteiger partial charge in [0.25, 0.3) is 0 Å². The zero-order valence-electron chi connectivity index (χ0n) is 5.30. The predicted octanol–water partition coefficient (Wildman–Crippen LogP) is -0.588. The van der Waals surface area contributed by atoms with E-state index in [9.17, 15) is 8.42 Å². The van der Waals surface area contributed by atoms with Gasteiger partial charge in [-0.1, -0.05) is 0 Å². The Hall–Kier alpha value is -0.0900. The zero-order chi connectivity index (χ0) is 7.11. The SMILES string of the molecule is [CH2]CNCCC[SH](=O)=O. The first kappa shape index (κ1) is 8.91. The molecule has 0 amide bonds. The van der Waals surface area contributed by atoms with Gasteiger partial charge in [-0.15, -0.1) is 0 Å². The second kappa shape index (κ2) is 6.04. The zero-order valence-corrected chi connectivity index (χ0v) is 6.19. The summed E-state index contributed by atoms with van der Waals surface area (Å²) in [5.41, 5.74) is 0. The minimum Gasteiger partial charge on any atom is -0.317 e. The van der Waals surface area contributed by atoms with Gasteiger partial charge in [-0.3, -0.25) is 0 Å². The van der Waals surface area contributed by atoms with Crippen molar-refractivity contribution in [3.8, 4) is 0 Å². The smallest absolute Gasteiger partial charge is 0.140 e. The molecule has 9 heavy (non-hydrogen) atoms. The fraction of sp³-hybridized carbons (Fsp3) is 0.800. The van der Waals surface area contributed by atoms with Gasteiger partial charge in [0.1, 0.15) is 10.7 Å². The maximum Gasteiger partial charge on any atom is 0.140 e. The van der Waals surface area contributed by atoms with Gasteiger partial charge in [0.05, 0.1) is 0 Å². The molecular weight excluding hydrogens is 138 g/mol. The molecule has 0 unspecified atom stereocenters. The quantitative estimate of drug-likeness (QED) is 0.407. The predicted molar refractivity (Wildman–Crippen MR) is 38.0 cm³/mol. The number of hydrogen-bond acceptors (Lipinski definition) is 3. The molecule has 0 aromatic carbocycles. The number of thiol groups is 1. The molecule has 0 aliphatic rings. The van der Waals surface area contributed by atoms with Crippen LogP contribution in [0.15, 0.2) is 0 Å². The van der Waals surface area contributed by atoms with Crippen LogP contribution in [0.25, 0.3) is 0 Å². The molecule has 0 atom stereocenters. The van der Waals surface area contributed by atoms with Gasteiger partial charge in [-0.05, 0) is 26.4 Å². The highest BCUT2D eigenvalue weighted by Gasteiger charge is 1.86. The van der Waals surface area contributed by atoms with Gasteiger partial charge in [0.2, 0.25) is 0 Å². The fourth-order valence-corrected chi connectivity index (χ4v) is 0.874. The van der Waals surface area contributed by atoms with Crippen LogP contribution in [-0.4, -0.2) is 27.3 Å². The Kier molecular flexibility index (Phi) is 5.98. The average Bonchev–Trinajstić information content (AvgIpc) is 1.80. The van der Waals surface area contributed by atoms with Gasteiger partial charge in [-0.25, -0.2) is 8.42 Å². The minimum atomic E-state index is -2.18. The van der Waals surface area contributed by atoms with Crippen molar-refractivity contribution >= 4 is 10.7 Å². The lowest BCUT2D eigenvalue weighted by atomic mass is 10.5. The van der Waals surface area contributed by atoms with Crippen molar-refractivity contribution in [3.63, 3.8) is 0 Å². The third kappa shape index (κ3) is 7.91. The number of nitrogens with one attached hydrogen (secondary N) is 1. The Morgan fingerprint density at radius 1 is 1.44 bits per heavy atom. The largest absolute Gasteiger partial charge is 0.317 e. The Balaban J connectivity index is 2.92. The third-order valence-electron chi connectivity index (χ3n) is 0.871. The highest BCUT2D eigenvalue weighted by Crippen LogP contribution is 1.75. The molecule has 0 rings (SSSR count). The van der Waals surface area contributed by atoms with Crippen LogP contribution < -0.4 is 5.32 Å². The summed E-state index contributed by atoms with van der Waals surface area (Å²) in [7, 11) is -2.18. The van der Waals surface area contributed by atoms with Crippen LogP contribution in [0.5, 0.6) is 0 Å². The first-order valence-electron chi connectivity index (χ1n) is 2.89. The van der Waals surface area contributed by atoms with Crippen LogP contribution in [-0.2, 0) is 10.7 Å². The third-order valence-corrected chi connectivity index (χ3v) is 1.55. The summed E-state index contributed by atoms with van der Waals surface area (Å²) in [6.45, 7) is 4.95. The Bertz CT molecular complexity index is 114. The van der Waals surface area contributed by atoms with Gasteiger partial charge in [0, 0.05) is 5.75 Å². The molecule has 55 valence electrons. The standard InChI is InChI=1S/C5H12NO2S/c1-2-6-4-3-5-9(7)8/h6,9H,1-5H2. The van der Waals surface area contributed by atoms with E-state index in [-0.39, 0.29) is 5.75 Å². The lowest BCUT2D eigenvalue weighted by Gasteiger charge is -1.94. The first-order chi connectivity index (χ1) is 4.27. The van der Waals surface area contributed by atoms with E-state index >= 15 is 0 Å². The molecule has 0 saturated heterocycles. The van der Waals surface area contributed by atoms with E-state index in [2.05, 4.69) is 12.2 Å². The topological polar surface area (TPSA) is 46.2 Å². The van der Waals surface area contributed by atoms with Crippen LogP contribution in [0.2, 0.25) is 0 Å². The fourth-order valence-electron chi connectivity index (χ4n) is 0.458. The van der Waals surface area contributed by atoms with Crippen molar-refractivity contribution in [1.82, 2.24) is 5.32 Å². The molecule has 0 saturated carbocycles. The molecular formula is C5H12NO2S. The second-order valence-electron chi connectivity index (χ2n) is 1.66. The second-order valence-corrected chi connectivity index (χ2v) is 2.77. The van der Waals surface area contributed by atoms with Crippen LogP contribution in [0.4, 0.5) is 0 Å². The van der Waals surface area contributed by atoms with Crippen molar-refractivity contribution in [2.75, 3.05) is 18.8 Å². The van der Waals surface area contributed by atoms with Crippen LogP contribution >= 0.6 is 0 Å². The van der Waals surface area contributed by atoms with Gasteiger partial charge in [0.15, 0.2) is 0 Å². The van der Waals surface area contributed by atoms with E-state index < -0.39 is 10.7 Å². The van der Waals surface area contributed by atoms with Crippen LogP contribution in [0, 0.1) is 6.92 Å². The van der Waals surface area contributed by atoms with Crippen molar-refractivity contribution < 1.29 is 8.42 Å². The molecule has 0 aromatic rings. The molecule has 0 spiro atoms. The summed E-state index contributed by atoms with van der Waals surface area (Å²) in [4.78, 5) is 0. The molecule has 4 heteroatoms. The molecule has 0 aliphatic heterocycles. The number of hydrogen-bond donors (Lipinski definition) is 2. The Morgan fingerprint density at radius 3 is 2.56 bits per heavy atom. The van der Waals surface area contributed by atoms with Crippen molar-refractivity contribution in [2.45, 2.75) is 6.42 Å². The summed E-state index contributed by atoms with van der Waals surface area (Å²) >= 11 is 0. The summed E-state index contributed by atoms with van der Waals surface area (Å²) in [6, 6.07) is 0. The summed E-state index contributed by atoms with van der Waals surface area (Å²) in [5.74, 6) is 0.280. The molecule has 0 fully saturated rings. The van der Waals surface area contributed by atoms with E-state index in [0.29, 0.717) is 13.0 Å². The maximum atomic E-state index is 9.96. The monoisotopic (exact) mass is 150 g/mol. The van der Waals surface area contributed by atoms with E-state index in [1.807, 2.05) is 0 Å². The molecule has 0 heterocycles. The van der Waals surface area contributed by atoms with Gasteiger partial charge < -0.3 is 5.32 Å². The van der Waals surface area contributed by atoms with Crippen molar-refractivity contribution in [2.24, 2.45) is 0 Å². The minimum absolute atomic E-state index is 0.280. The normalized spacial score (nSPS) is 10.4.